The highest BCUT2D eigenvalue weighted by Crippen LogP contribution is 2.39. The van der Waals surface area contributed by atoms with Gasteiger partial charge in [0, 0.05) is 11.6 Å². The average Bonchev–Trinajstić information content (AvgIpc) is 2.26. The summed E-state index contributed by atoms with van der Waals surface area (Å²) in [7, 11) is 3.00. The van der Waals surface area contributed by atoms with Gasteiger partial charge in [-0.15, -0.1) is 11.6 Å². The van der Waals surface area contributed by atoms with Gasteiger partial charge >= 0.3 is 0 Å². The third-order valence-electron chi connectivity index (χ3n) is 2.63. The van der Waals surface area contributed by atoms with Crippen LogP contribution in [0.2, 0.25) is 0 Å². The maximum Gasteiger partial charge on any atom is 0.163 e. The Labute approximate surface area is 113 Å². The Balaban J connectivity index is 3.09. The van der Waals surface area contributed by atoms with Gasteiger partial charge in [0.15, 0.2) is 11.5 Å². The van der Waals surface area contributed by atoms with E-state index in [1.807, 2.05) is 0 Å². The van der Waals surface area contributed by atoms with Crippen LogP contribution in [0, 0.1) is 11.2 Å². The molecule has 1 atom stereocenters. The van der Waals surface area contributed by atoms with E-state index in [1.54, 1.807) is 6.07 Å². The predicted octanol–water partition coefficient (Wildman–Crippen LogP) is 4.56. The van der Waals surface area contributed by atoms with Crippen molar-refractivity contribution < 1.29 is 13.9 Å². The molecule has 0 aliphatic rings. The topological polar surface area (TPSA) is 18.5 Å². The molecular formula is C14H20ClFO2. The largest absolute Gasteiger partial charge is 0.493 e. The first kappa shape index (κ1) is 15.1. The van der Waals surface area contributed by atoms with Crippen molar-refractivity contribution in [2.24, 2.45) is 5.41 Å². The molecule has 1 unspecified atom stereocenters. The second-order valence-corrected chi connectivity index (χ2v) is 5.99. The first-order chi connectivity index (χ1) is 8.28. The van der Waals surface area contributed by atoms with Crippen LogP contribution in [0.3, 0.4) is 0 Å². The van der Waals surface area contributed by atoms with Crippen molar-refractivity contribution in [3.63, 3.8) is 0 Å². The van der Waals surface area contributed by atoms with E-state index >= 15 is 0 Å². The second kappa shape index (κ2) is 5.79. The molecule has 0 saturated carbocycles. The van der Waals surface area contributed by atoms with E-state index in [1.165, 1.54) is 20.3 Å². The molecule has 1 aromatic carbocycles. The summed E-state index contributed by atoms with van der Waals surface area (Å²) in [4.78, 5) is 0. The molecule has 0 aromatic heterocycles. The molecule has 102 valence electrons. The van der Waals surface area contributed by atoms with E-state index < -0.39 is 0 Å². The van der Waals surface area contributed by atoms with Crippen LogP contribution in [0.4, 0.5) is 4.39 Å². The summed E-state index contributed by atoms with van der Waals surface area (Å²) < 4.78 is 24.2. The minimum atomic E-state index is -0.384. The van der Waals surface area contributed by atoms with Gasteiger partial charge in [-0.1, -0.05) is 20.8 Å². The van der Waals surface area contributed by atoms with Crippen LogP contribution >= 0.6 is 11.6 Å². The van der Waals surface area contributed by atoms with Crippen LogP contribution in [0.5, 0.6) is 11.5 Å². The SMILES string of the molecule is COc1cc(F)c(C(Cl)CC(C)(C)C)cc1OC. The molecule has 0 bridgehead atoms. The van der Waals surface area contributed by atoms with Crippen molar-refractivity contribution in [3.8, 4) is 11.5 Å². The van der Waals surface area contributed by atoms with Gasteiger partial charge in [-0.3, -0.25) is 0 Å². The number of alkyl halides is 1. The Kier molecular flexibility index (Phi) is 4.85. The maximum absolute atomic E-state index is 14.0. The number of ether oxygens (including phenoxy) is 2. The van der Waals surface area contributed by atoms with Crippen molar-refractivity contribution >= 4 is 11.6 Å². The standard InChI is InChI=1S/C14H20ClFO2/c1-14(2,3)8-10(15)9-6-12(17-4)13(18-5)7-11(9)16/h6-7,10H,8H2,1-5H3. The molecule has 1 rings (SSSR count). The number of hydrogen-bond acceptors (Lipinski definition) is 2. The van der Waals surface area contributed by atoms with Crippen molar-refractivity contribution in [1.82, 2.24) is 0 Å². The third-order valence-corrected chi connectivity index (χ3v) is 3.02. The molecule has 0 radical (unpaired) electrons. The first-order valence-electron chi connectivity index (χ1n) is 5.84. The van der Waals surface area contributed by atoms with E-state index in [-0.39, 0.29) is 16.6 Å². The van der Waals surface area contributed by atoms with Crippen LogP contribution in [-0.2, 0) is 0 Å². The Bertz CT molecular complexity index is 413. The van der Waals surface area contributed by atoms with E-state index in [4.69, 9.17) is 21.1 Å². The number of rotatable bonds is 4. The van der Waals surface area contributed by atoms with Crippen LogP contribution in [0.1, 0.15) is 38.1 Å². The van der Waals surface area contributed by atoms with Gasteiger partial charge in [-0.25, -0.2) is 4.39 Å². The zero-order valence-electron chi connectivity index (χ0n) is 11.5. The quantitative estimate of drug-likeness (QED) is 0.750. The lowest BCUT2D eigenvalue weighted by atomic mass is 9.88. The fourth-order valence-corrected chi connectivity index (χ4v) is 2.39. The molecule has 0 aliphatic heterocycles. The van der Waals surface area contributed by atoms with Gasteiger partial charge in [-0.05, 0) is 17.9 Å². The molecule has 0 aliphatic carbocycles. The molecule has 0 saturated heterocycles. The van der Waals surface area contributed by atoms with Crippen molar-refractivity contribution in [3.05, 3.63) is 23.5 Å². The number of benzene rings is 1. The van der Waals surface area contributed by atoms with Crippen LogP contribution in [-0.4, -0.2) is 14.2 Å². The number of halogens is 2. The summed E-state index contributed by atoms with van der Waals surface area (Å²) in [6, 6.07) is 2.92. The summed E-state index contributed by atoms with van der Waals surface area (Å²) in [6.07, 6.45) is 0.682. The molecule has 1 aromatic rings. The Morgan fingerprint density at radius 1 is 1.17 bits per heavy atom. The fraction of sp³-hybridized carbons (Fsp3) is 0.571. The van der Waals surface area contributed by atoms with Crippen molar-refractivity contribution in [2.45, 2.75) is 32.6 Å². The maximum atomic E-state index is 14.0. The van der Waals surface area contributed by atoms with Gasteiger partial charge in [0.25, 0.3) is 0 Å². The van der Waals surface area contributed by atoms with E-state index in [9.17, 15) is 4.39 Å². The third kappa shape index (κ3) is 3.77. The molecule has 0 N–H and O–H groups in total. The molecule has 0 heterocycles. The summed E-state index contributed by atoms with van der Waals surface area (Å²) in [5, 5.41) is -0.384. The minimum Gasteiger partial charge on any atom is -0.493 e. The highest BCUT2D eigenvalue weighted by molar-refractivity contribution is 6.20. The number of methoxy groups -OCH3 is 2. The van der Waals surface area contributed by atoms with Gasteiger partial charge in [0.05, 0.1) is 19.6 Å². The summed E-state index contributed by atoms with van der Waals surface area (Å²) in [5.74, 6) is 0.503. The fourth-order valence-electron chi connectivity index (χ4n) is 1.76. The van der Waals surface area contributed by atoms with Crippen LogP contribution in [0.25, 0.3) is 0 Å². The lowest BCUT2D eigenvalue weighted by Crippen LogP contribution is -2.10. The monoisotopic (exact) mass is 274 g/mol. The van der Waals surface area contributed by atoms with E-state index in [0.717, 1.165) is 0 Å². The minimum absolute atomic E-state index is 0.0337. The lowest BCUT2D eigenvalue weighted by Gasteiger charge is -2.23. The predicted molar refractivity (Wildman–Crippen MR) is 72.2 cm³/mol. The molecule has 2 nitrogen and oxygen atoms in total. The van der Waals surface area contributed by atoms with Crippen LogP contribution in [0.15, 0.2) is 12.1 Å². The van der Waals surface area contributed by atoms with Gasteiger partial charge in [0.1, 0.15) is 5.82 Å². The zero-order valence-corrected chi connectivity index (χ0v) is 12.3. The molecule has 0 spiro atoms. The summed E-state index contributed by atoms with van der Waals surface area (Å²) >= 11 is 6.28. The highest BCUT2D eigenvalue weighted by atomic mass is 35.5. The molecule has 18 heavy (non-hydrogen) atoms. The summed E-state index contributed by atoms with van der Waals surface area (Å²) in [5.41, 5.74) is 0.482. The van der Waals surface area contributed by atoms with Crippen LogP contribution < -0.4 is 9.47 Å². The summed E-state index contributed by atoms with van der Waals surface area (Å²) in [6.45, 7) is 6.21. The van der Waals surface area contributed by atoms with Gasteiger partial charge in [-0.2, -0.15) is 0 Å². The molecule has 0 amide bonds. The second-order valence-electron chi connectivity index (χ2n) is 5.46. The van der Waals surface area contributed by atoms with E-state index in [0.29, 0.717) is 23.5 Å². The highest BCUT2D eigenvalue weighted by Gasteiger charge is 2.22. The average molecular weight is 275 g/mol. The normalized spacial score (nSPS) is 13.3. The molecular weight excluding hydrogens is 255 g/mol. The van der Waals surface area contributed by atoms with Gasteiger partial charge < -0.3 is 9.47 Å². The lowest BCUT2D eigenvalue weighted by molar-refractivity contribution is 0.347. The first-order valence-corrected chi connectivity index (χ1v) is 6.27. The van der Waals surface area contributed by atoms with Crippen molar-refractivity contribution in [1.29, 1.82) is 0 Å². The molecule has 0 fully saturated rings. The smallest absolute Gasteiger partial charge is 0.163 e. The Morgan fingerprint density at radius 3 is 2.11 bits per heavy atom. The van der Waals surface area contributed by atoms with Crippen molar-refractivity contribution in [2.75, 3.05) is 14.2 Å². The Morgan fingerprint density at radius 2 is 1.67 bits per heavy atom. The van der Waals surface area contributed by atoms with E-state index in [2.05, 4.69) is 20.8 Å². The van der Waals surface area contributed by atoms with Gasteiger partial charge in [0.2, 0.25) is 0 Å². The zero-order chi connectivity index (χ0) is 13.9. The number of hydrogen-bond donors (Lipinski definition) is 0. The molecule has 4 heteroatoms. The Hall–Kier alpha value is -0.960.